The molecule has 2 rings (SSSR count). The van der Waals surface area contributed by atoms with Crippen LogP contribution in [0.15, 0.2) is 42.5 Å². The van der Waals surface area contributed by atoms with Gasteiger partial charge in [-0.1, -0.05) is 11.6 Å². The van der Waals surface area contributed by atoms with Crippen LogP contribution in [0.3, 0.4) is 0 Å². The summed E-state index contributed by atoms with van der Waals surface area (Å²) in [4.78, 5) is 24.2. The lowest BCUT2D eigenvalue weighted by molar-refractivity contribution is -0.159. The van der Waals surface area contributed by atoms with Gasteiger partial charge in [0.1, 0.15) is 17.6 Å². The number of nitrogens with zero attached hydrogens (tertiary/aromatic N) is 1. The maximum Gasteiger partial charge on any atom is 0.347 e. The minimum absolute atomic E-state index is 0.196. The molecular formula is C19H16ClFN2O4. The molecule has 1 N–H and O–H groups in total. The zero-order valence-corrected chi connectivity index (χ0v) is 15.3. The van der Waals surface area contributed by atoms with Gasteiger partial charge in [-0.3, -0.25) is 4.79 Å². The van der Waals surface area contributed by atoms with Gasteiger partial charge >= 0.3 is 5.97 Å². The van der Waals surface area contributed by atoms with Gasteiger partial charge < -0.3 is 14.8 Å². The summed E-state index contributed by atoms with van der Waals surface area (Å²) < 4.78 is 23.3. The summed E-state index contributed by atoms with van der Waals surface area (Å²) in [5.74, 6) is -1.45. The van der Waals surface area contributed by atoms with E-state index < -0.39 is 29.9 Å². The molecule has 0 unspecified atom stereocenters. The van der Waals surface area contributed by atoms with Gasteiger partial charge in [0.25, 0.3) is 5.91 Å². The summed E-state index contributed by atoms with van der Waals surface area (Å²) >= 11 is 5.91. The molecule has 0 saturated heterocycles. The average Bonchev–Trinajstić information content (AvgIpc) is 2.63. The number of ether oxygens (including phenoxy) is 2. The summed E-state index contributed by atoms with van der Waals surface area (Å²) in [5, 5.41) is 11.6. The van der Waals surface area contributed by atoms with Crippen LogP contribution in [0.25, 0.3) is 0 Å². The van der Waals surface area contributed by atoms with E-state index in [4.69, 9.17) is 26.3 Å². The fourth-order valence-electron chi connectivity index (χ4n) is 2.02. The number of nitrogens with one attached hydrogen (secondary N) is 1. The van der Waals surface area contributed by atoms with Crippen LogP contribution in [0.2, 0.25) is 5.02 Å². The van der Waals surface area contributed by atoms with Crippen molar-refractivity contribution in [3.05, 3.63) is 58.9 Å². The lowest BCUT2D eigenvalue weighted by Crippen LogP contribution is -2.35. The van der Waals surface area contributed by atoms with Crippen molar-refractivity contribution in [2.24, 2.45) is 0 Å². The molecule has 0 heterocycles. The number of hydrogen-bond acceptors (Lipinski definition) is 5. The SMILES string of the molecule is C[C@H](Oc1ccc(F)cc1)C(=O)O[C@H](C)C(=O)Nc1ccc(C#N)c(Cl)c1. The number of benzene rings is 2. The Hall–Kier alpha value is -3.11. The molecule has 2 atom stereocenters. The summed E-state index contributed by atoms with van der Waals surface area (Å²) in [6.45, 7) is 2.86. The molecule has 0 aliphatic rings. The van der Waals surface area contributed by atoms with Gasteiger partial charge in [0.2, 0.25) is 0 Å². The Bertz CT molecular complexity index is 880. The van der Waals surface area contributed by atoms with E-state index in [1.807, 2.05) is 6.07 Å². The van der Waals surface area contributed by atoms with Crippen LogP contribution in [-0.4, -0.2) is 24.1 Å². The van der Waals surface area contributed by atoms with E-state index in [9.17, 15) is 14.0 Å². The van der Waals surface area contributed by atoms with Crippen molar-refractivity contribution in [2.45, 2.75) is 26.1 Å². The van der Waals surface area contributed by atoms with Gasteiger partial charge in [-0.15, -0.1) is 0 Å². The molecule has 1 amide bonds. The van der Waals surface area contributed by atoms with Crippen LogP contribution in [0.1, 0.15) is 19.4 Å². The highest BCUT2D eigenvalue weighted by atomic mass is 35.5. The Labute approximate surface area is 160 Å². The molecule has 140 valence electrons. The predicted octanol–water partition coefficient (Wildman–Crippen LogP) is 3.69. The highest BCUT2D eigenvalue weighted by Gasteiger charge is 2.23. The van der Waals surface area contributed by atoms with Gasteiger partial charge in [0.05, 0.1) is 10.6 Å². The number of carbonyl (C=O) groups excluding carboxylic acids is 2. The topological polar surface area (TPSA) is 88.4 Å². The van der Waals surface area contributed by atoms with E-state index in [0.717, 1.165) is 0 Å². The summed E-state index contributed by atoms with van der Waals surface area (Å²) in [7, 11) is 0. The first kappa shape index (κ1) is 20.2. The molecule has 0 saturated carbocycles. The third kappa shape index (κ3) is 5.69. The van der Waals surface area contributed by atoms with E-state index in [1.165, 1.54) is 56.3 Å². The number of anilines is 1. The molecule has 0 fully saturated rings. The molecule has 2 aromatic rings. The van der Waals surface area contributed by atoms with Crippen molar-refractivity contribution in [2.75, 3.05) is 5.32 Å². The van der Waals surface area contributed by atoms with E-state index in [1.54, 1.807) is 0 Å². The van der Waals surface area contributed by atoms with Crippen LogP contribution in [0, 0.1) is 17.1 Å². The number of rotatable bonds is 6. The second-order valence-corrected chi connectivity index (χ2v) is 6.00. The van der Waals surface area contributed by atoms with Gasteiger partial charge in [0, 0.05) is 5.69 Å². The van der Waals surface area contributed by atoms with Gasteiger partial charge in [-0.25, -0.2) is 9.18 Å². The Morgan fingerprint density at radius 3 is 2.41 bits per heavy atom. The predicted molar refractivity (Wildman–Crippen MR) is 96.8 cm³/mol. The first-order chi connectivity index (χ1) is 12.8. The number of esters is 1. The third-order valence-electron chi connectivity index (χ3n) is 3.48. The van der Waals surface area contributed by atoms with E-state index >= 15 is 0 Å². The lowest BCUT2D eigenvalue weighted by atomic mass is 10.2. The van der Waals surface area contributed by atoms with Crippen LogP contribution in [0.4, 0.5) is 10.1 Å². The molecular weight excluding hydrogens is 375 g/mol. The van der Waals surface area contributed by atoms with Gasteiger partial charge in [-0.05, 0) is 56.3 Å². The van der Waals surface area contributed by atoms with Gasteiger partial charge in [0.15, 0.2) is 12.2 Å². The van der Waals surface area contributed by atoms with Crippen LogP contribution < -0.4 is 10.1 Å². The highest BCUT2D eigenvalue weighted by molar-refractivity contribution is 6.32. The normalized spacial score (nSPS) is 12.4. The molecule has 0 radical (unpaired) electrons. The summed E-state index contributed by atoms with van der Waals surface area (Å²) in [5.41, 5.74) is 0.642. The maximum atomic E-state index is 12.9. The lowest BCUT2D eigenvalue weighted by Gasteiger charge is -2.18. The molecule has 6 nitrogen and oxygen atoms in total. The zero-order chi connectivity index (χ0) is 20.0. The largest absolute Gasteiger partial charge is 0.479 e. The molecule has 0 bridgehead atoms. The zero-order valence-electron chi connectivity index (χ0n) is 14.5. The fourth-order valence-corrected chi connectivity index (χ4v) is 2.24. The van der Waals surface area contributed by atoms with E-state index in [0.29, 0.717) is 11.4 Å². The number of hydrogen-bond donors (Lipinski definition) is 1. The number of halogens is 2. The van der Waals surface area contributed by atoms with Crippen molar-refractivity contribution < 1.29 is 23.5 Å². The van der Waals surface area contributed by atoms with Crippen molar-refractivity contribution in [3.63, 3.8) is 0 Å². The molecule has 2 aromatic carbocycles. The number of nitriles is 1. The second-order valence-electron chi connectivity index (χ2n) is 5.59. The second kappa shape index (κ2) is 9.01. The smallest absolute Gasteiger partial charge is 0.347 e. The maximum absolute atomic E-state index is 12.9. The molecule has 0 aromatic heterocycles. The fraction of sp³-hybridized carbons (Fsp3) is 0.211. The molecule has 0 spiro atoms. The Morgan fingerprint density at radius 1 is 1.15 bits per heavy atom. The van der Waals surface area contributed by atoms with Crippen LogP contribution in [0.5, 0.6) is 5.75 Å². The van der Waals surface area contributed by atoms with Crippen molar-refractivity contribution in [1.29, 1.82) is 5.26 Å². The van der Waals surface area contributed by atoms with Crippen LogP contribution in [-0.2, 0) is 14.3 Å². The van der Waals surface area contributed by atoms with Crippen molar-refractivity contribution in [1.82, 2.24) is 0 Å². The van der Waals surface area contributed by atoms with Gasteiger partial charge in [-0.2, -0.15) is 5.26 Å². The Morgan fingerprint density at radius 2 is 1.81 bits per heavy atom. The first-order valence-electron chi connectivity index (χ1n) is 7.93. The van der Waals surface area contributed by atoms with E-state index in [-0.39, 0.29) is 10.6 Å². The standard InChI is InChI=1S/C19H16ClFN2O4/c1-11(18(24)23-15-6-3-13(10-22)17(20)9-15)27-19(25)12(2)26-16-7-4-14(21)5-8-16/h3-9,11-12H,1-2H3,(H,23,24)/t11-,12+/m1/s1. The minimum atomic E-state index is -1.09. The number of carbonyl (C=O) groups is 2. The monoisotopic (exact) mass is 390 g/mol. The molecule has 0 aliphatic carbocycles. The van der Waals surface area contributed by atoms with Crippen molar-refractivity contribution >= 4 is 29.2 Å². The quantitative estimate of drug-likeness (QED) is 0.760. The van der Waals surface area contributed by atoms with Crippen molar-refractivity contribution in [3.8, 4) is 11.8 Å². The Kier molecular flexibility index (Phi) is 6.74. The molecule has 0 aliphatic heterocycles. The molecule has 8 heteroatoms. The Balaban J connectivity index is 1.90. The number of amides is 1. The average molecular weight is 391 g/mol. The first-order valence-corrected chi connectivity index (χ1v) is 8.31. The van der Waals surface area contributed by atoms with E-state index in [2.05, 4.69) is 5.32 Å². The van der Waals surface area contributed by atoms with Crippen LogP contribution >= 0.6 is 11.6 Å². The summed E-state index contributed by atoms with van der Waals surface area (Å²) in [6.07, 6.45) is -2.08. The molecule has 27 heavy (non-hydrogen) atoms. The highest BCUT2D eigenvalue weighted by Crippen LogP contribution is 2.20. The minimum Gasteiger partial charge on any atom is -0.479 e. The third-order valence-corrected chi connectivity index (χ3v) is 3.79. The summed E-state index contributed by atoms with van der Waals surface area (Å²) in [6, 6.07) is 11.5.